The van der Waals surface area contributed by atoms with Crippen molar-refractivity contribution in [2.24, 2.45) is 0 Å². The fourth-order valence-electron chi connectivity index (χ4n) is 0.611. The first-order valence-corrected chi connectivity index (χ1v) is 3.67. The minimum Gasteiger partial charge on any atom is -0.474 e. The zero-order valence-electron chi connectivity index (χ0n) is 7.13. The van der Waals surface area contributed by atoms with Gasteiger partial charge in [0.15, 0.2) is 0 Å². The number of aliphatic carboxylic acids is 1. The monoisotopic (exact) mass is 175 g/mol. The van der Waals surface area contributed by atoms with Crippen LogP contribution in [0.5, 0.6) is 0 Å². The molecule has 0 aliphatic rings. The molecule has 0 unspecified atom stereocenters. The molecule has 0 atom stereocenters. The summed E-state index contributed by atoms with van der Waals surface area (Å²) in [6.45, 7) is 4.48. The second-order valence-electron chi connectivity index (χ2n) is 1.97. The van der Waals surface area contributed by atoms with Gasteiger partial charge in [-0.1, -0.05) is 13.8 Å². The molecular formula is C6H13N3O3. The van der Waals surface area contributed by atoms with E-state index in [1.54, 1.807) is 13.8 Å². The maximum Gasteiger partial charge on any atom is 0.397 e. The first-order valence-electron chi connectivity index (χ1n) is 3.67. The molecule has 6 heteroatoms. The smallest absolute Gasteiger partial charge is 0.397 e. The van der Waals surface area contributed by atoms with E-state index < -0.39 is 11.9 Å². The Morgan fingerprint density at radius 2 is 1.67 bits per heavy atom. The number of amides is 1. The quantitative estimate of drug-likeness (QED) is 0.375. The molecule has 0 aliphatic carbocycles. The van der Waals surface area contributed by atoms with E-state index in [0.29, 0.717) is 13.1 Å². The minimum atomic E-state index is -1.49. The average molecular weight is 175 g/mol. The van der Waals surface area contributed by atoms with Crippen molar-refractivity contribution in [1.29, 1.82) is 0 Å². The van der Waals surface area contributed by atoms with Crippen LogP contribution in [-0.2, 0) is 9.59 Å². The lowest BCUT2D eigenvalue weighted by molar-refractivity contribution is -0.160. The fraction of sp³-hybridized carbons (Fsp3) is 0.667. The second kappa shape index (κ2) is 5.50. The average Bonchev–Trinajstić information content (AvgIpc) is 2.03. The lowest BCUT2D eigenvalue weighted by Crippen LogP contribution is -2.54. The fourth-order valence-corrected chi connectivity index (χ4v) is 0.611. The van der Waals surface area contributed by atoms with Crippen LogP contribution in [0.1, 0.15) is 13.8 Å². The van der Waals surface area contributed by atoms with Crippen LogP contribution in [0.15, 0.2) is 0 Å². The van der Waals surface area contributed by atoms with Crippen molar-refractivity contribution < 1.29 is 14.7 Å². The Balaban J connectivity index is 4.08. The van der Waals surface area contributed by atoms with Crippen LogP contribution in [0.4, 0.5) is 0 Å². The van der Waals surface area contributed by atoms with Crippen molar-refractivity contribution in [2.75, 3.05) is 13.1 Å². The van der Waals surface area contributed by atoms with Gasteiger partial charge in [-0.2, -0.15) is 5.12 Å². The number of carboxylic acid groups (broad SMARTS) is 1. The summed E-state index contributed by atoms with van der Waals surface area (Å²) in [7, 11) is 0. The Kier molecular flexibility index (Phi) is 4.98. The number of carbonyl (C=O) groups excluding carboxylic acids is 1. The van der Waals surface area contributed by atoms with Gasteiger partial charge in [-0.15, -0.1) is 0 Å². The lowest BCUT2D eigenvalue weighted by atomic mass is 10.6. The summed E-state index contributed by atoms with van der Waals surface area (Å²) in [4.78, 5) is 21.0. The standard InChI is InChI=1S/C6H13N3O3/c1-3-7-9(8-4-2)5(10)6(11)12/h7-8H,3-4H2,1-2H3,(H,11,12). The van der Waals surface area contributed by atoms with Crippen molar-refractivity contribution in [3.8, 4) is 0 Å². The van der Waals surface area contributed by atoms with E-state index in [4.69, 9.17) is 5.11 Å². The topological polar surface area (TPSA) is 81.7 Å². The molecule has 1 amide bonds. The van der Waals surface area contributed by atoms with Gasteiger partial charge in [0.25, 0.3) is 0 Å². The Morgan fingerprint density at radius 1 is 1.25 bits per heavy atom. The molecule has 0 aromatic carbocycles. The molecule has 0 aromatic heterocycles. The van der Waals surface area contributed by atoms with E-state index in [1.165, 1.54) is 0 Å². The van der Waals surface area contributed by atoms with Crippen molar-refractivity contribution in [3.63, 3.8) is 0 Å². The molecule has 0 rings (SSSR count). The Bertz CT molecular complexity index is 165. The molecule has 0 radical (unpaired) electrons. The molecule has 6 nitrogen and oxygen atoms in total. The molecule has 70 valence electrons. The Morgan fingerprint density at radius 3 is 1.92 bits per heavy atom. The zero-order valence-corrected chi connectivity index (χ0v) is 7.13. The van der Waals surface area contributed by atoms with Crippen LogP contribution < -0.4 is 10.9 Å². The molecular weight excluding hydrogens is 162 g/mol. The molecule has 0 saturated heterocycles. The number of hydrazine groups is 2. The number of nitrogens with zero attached hydrogens (tertiary/aromatic N) is 1. The summed E-state index contributed by atoms with van der Waals surface area (Å²) >= 11 is 0. The van der Waals surface area contributed by atoms with Crippen LogP contribution in [0.3, 0.4) is 0 Å². The molecule has 3 N–H and O–H groups in total. The molecule has 0 fully saturated rings. The maximum absolute atomic E-state index is 10.8. The zero-order chi connectivity index (χ0) is 9.56. The largest absolute Gasteiger partial charge is 0.474 e. The Hall–Kier alpha value is -1.14. The highest BCUT2D eigenvalue weighted by Crippen LogP contribution is 1.79. The molecule has 12 heavy (non-hydrogen) atoms. The molecule has 0 saturated carbocycles. The van der Waals surface area contributed by atoms with E-state index in [0.717, 1.165) is 5.12 Å². The van der Waals surface area contributed by atoms with Gasteiger partial charge in [0.2, 0.25) is 0 Å². The number of carbonyl (C=O) groups is 2. The summed E-state index contributed by atoms with van der Waals surface area (Å²) in [6, 6.07) is 0. The van der Waals surface area contributed by atoms with Crippen molar-refractivity contribution in [1.82, 2.24) is 16.0 Å². The van der Waals surface area contributed by atoms with Gasteiger partial charge in [0.1, 0.15) is 0 Å². The summed E-state index contributed by atoms with van der Waals surface area (Å²) in [6.07, 6.45) is 0. The Labute approximate surface area is 70.5 Å². The van der Waals surface area contributed by atoms with Crippen LogP contribution in [0, 0.1) is 0 Å². The van der Waals surface area contributed by atoms with Crippen LogP contribution in [-0.4, -0.2) is 35.2 Å². The first kappa shape index (κ1) is 10.9. The van der Waals surface area contributed by atoms with Gasteiger partial charge in [-0.3, -0.25) is 4.79 Å². The van der Waals surface area contributed by atoms with E-state index >= 15 is 0 Å². The maximum atomic E-state index is 10.8. The third-order valence-corrected chi connectivity index (χ3v) is 1.02. The highest BCUT2D eigenvalue weighted by atomic mass is 16.4. The number of hydrogen-bond acceptors (Lipinski definition) is 4. The van der Waals surface area contributed by atoms with Crippen molar-refractivity contribution in [2.45, 2.75) is 13.8 Å². The first-order chi connectivity index (χ1) is 5.63. The SMILES string of the molecule is CCNN(NCC)C(=O)C(=O)O. The van der Waals surface area contributed by atoms with Gasteiger partial charge < -0.3 is 5.11 Å². The predicted octanol–water partition coefficient (Wildman–Crippen LogP) is -1.05. The van der Waals surface area contributed by atoms with Crippen LogP contribution in [0.2, 0.25) is 0 Å². The van der Waals surface area contributed by atoms with Gasteiger partial charge in [0.05, 0.1) is 0 Å². The van der Waals surface area contributed by atoms with Gasteiger partial charge in [-0.05, 0) is 0 Å². The molecule has 0 aliphatic heterocycles. The predicted molar refractivity (Wildman–Crippen MR) is 41.8 cm³/mol. The third-order valence-electron chi connectivity index (χ3n) is 1.02. The molecule has 0 bridgehead atoms. The van der Waals surface area contributed by atoms with E-state index in [9.17, 15) is 9.59 Å². The van der Waals surface area contributed by atoms with Gasteiger partial charge >= 0.3 is 11.9 Å². The second-order valence-corrected chi connectivity index (χ2v) is 1.97. The van der Waals surface area contributed by atoms with Crippen LogP contribution >= 0.6 is 0 Å². The van der Waals surface area contributed by atoms with Gasteiger partial charge in [-0.25, -0.2) is 15.6 Å². The van der Waals surface area contributed by atoms with Crippen molar-refractivity contribution in [3.05, 3.63) is 0 Å². The molecule has 0 aromatic rings. The number of nitrogens with one attached hydrogen (secondary N) is 2. The third kappa shape index (κ3) is 3.31. The van der Waals surface area contributed by atoms with E-state index in [2.05, 4.69) is 10.9 Å². The summed E-state index contributed by atoms with van der Waals surface area (Å²) in [5, 5.41) is 9.20. The van der Waals surface area contributed by atoms with E-state index in [1.807, 2.05) is 0 Å². The van der Waals surface area contributed by atoms with E-state index in [-0.39, 0.29) is 0 Å². The van der Waals surface area contributed by atoms with Gasteiger partial charge in [0, 0.05) is 13.1 Å². The number of rotatable bonds is 4. The minimum absolute atomic E-state index is 0.478. The van der Waals surface area contributed by atoms with Crippen molar-refractivity contribution >= 4 is 11.9 Å². The normalized spacial score (nSPS) is 9.50. The number of hydrogen-bond donors (Lipinski definition) is 3. The lowest BCUT2D eigenvalue weighted by Gasteiger charge is -2.20. The molecule has 0 spiro atoms. The van der Waals surface area contributed by atoms with Crippen LogP contribution in [0.25, 0.3) is 0 Å². The summed E-state index contributed by atoms with van der Waals surface area (Å²) < 4.78 is 0. The highest BCUT2D eigenvalue weighted by molar-refractivity contribution is 6.31. The summed E-state index contributed by atoms with van der Waals surface area (Å²) in [5.74, 6) is -2.50. The molecule has 0 heterocycles. The number of carboxylic acids is 1. The summed E-state index contributed by atoms with van der Waals surface area (Å²) in [5.41, 5.74) is 5.11. The highest BCUT2D eigenvalue weighted by Gasteiger charge is 2.19.